The second-order valence-corrected chi connectivity index (χ2v) is 7.79. The van der Waals surface area contributed by atoms with E-state index in [9.17, 15) is 4.79 Å². The van der Waals surface area contributed by atoms with Gasteiger partial charge in [-0.15, -0.1) is 10.2 Å². The zero-order valence-electron chi connectivity index (χ0n) is 14.2. The highest BCUT2D eigenvalue weighted by Crippen LogP contribution is 2.41. The molecule has 25 heavy (non-hydrogen) atoms. The van der Waals surface area contributed by atoms with Crippen LogP contribution in [-0.2, 0) is 13.1 Å². The Labute approximate surface area is 151 Å². The van der Waals surface area contributed by atoms with Gasteiger partial charge in [0.05, 0.1) is 0 Å². The Balaban J connectivity index is 1.31. The minimum atomic E-state index is -0.227. The van der Waals surface area contributed by atoms with Crippen LogP contribution in [0.15, 0.2) is 24.3 Å². The average molecular weight is 357 g/mol. The van der Waals surface area contributed by atoms with Crippen LogP contribution >= 0.6 is 11.3 Å². The normalized spacial score (nSPS) is 17.6. The number of likely N-dealkylation sites (tertiary alicyclic amines) is 1. The van der Waals surface area contributed by atoms with Crippen molar-refractivity contribution in [2.45, 2.75) is 44.7 Å². The Hall–Kier alpha value is -1.99. The van der Waals surface area contributed by atoms with Gasteiger partial charge >= 0.3 is 6.03 Å². The largest absolute Gasteiger partial charge is 0.334 e. The third-order valence-corrected chi connectivity index (χ3v) is 5.74. The number of benzene rings is 1. The molecule has 1 aromatic heterocycles. The van der Waals surface area contributed by atoms with Crippen LogP contribution in [-0.4, -0.2) is 34.2 Å². The topological polar surface area (TPSA) is 70.2 Å². The van der Waals surface area contributed by atoms with Gasteiger partial charge in [-0.3, -0.25) is 10.2 Å². The SMILES string of the molecule is O=C(NCc1ccccc1CN1CCCC1)Nc1nnc(C2CC2)s1. The molecule has 2 amide bonds. The van der Waals surface area contributed by atoms with Crippen molar-refractivity contribution in [1.29, 1.82) is 0 Å². The highest BCUT2D eigenvalue weighted by molar-refractivity contribution is 7.15. The Kier molecular flexibility index (Phi) is 4.94. The molecule has 2 N–H and O–H groups in total. The quantitative estimate of drug-likeness (QED) is 0.832. The summed E-state index contributed by atoms with van der Waals surface area (Å²) in [6.45, 7) is 3.82. The van der Waals surface area contributed by atoms with Gasteiger partial charge in [-0.1, -0.05) is 35.6 Å². The van der Waals surface area contributed by atoms with Gasteiger partial charge in [0.2, 0.25) is 5.13 Å². The van der Waals surface area contributed by atoms with Crippen LogP contribution in [0.2, 0.25) is 0 Å². The van der Waals surface area contributed by atoms with Crippen LogP contribution < -0.4 is 10.6 Å². The number of aromatic nitrogens is 2. The molecule has 2 heterocycles. The van der Waals surface area contributed by atoms with E-state index in [1.807, 2.05) is 6.07 Å². The van der Waals surface area contributed by atoms with E-state index in [1.54, 1.807) is 0 Å². The number of carbonyl (C=O) groups is 1. The average Bonchev–Trinajstić information content (AvgIpc) is 3.14. The van der Waals surface area contributed by atoms with Crippen LogP contribution in [0.1, 0.15) is 47.7 Å². The van der Waals surface area contributed by atoms with Gasteiger partial charge < -0.3 is 5.32 Å². The molecule has 1 saturated heterocycles. The molecule has 0 unspecified atom stereocenters. The fourth-order valence-corrected chi connectivity index (χ4v) is 4.07. The maximum Gasteiger partial charge on any atom is 0.321 e. The highest BCUT2D eigenvalue weighted by Gasteiger charge is 2.27. The molecule has 0 spiro atoms. The molecule has 4 rings (SSSR count). The Morgan fingerprint density at radius 3 is 2.68 bits per heavy atom. The van der Waals surface area contributed by atoms with E-state index in [4.69, 9.17) is 0 Å². The van der Waals surface area contributed by atoms with E-state index in [1.165, 1.54) is 61.2 Å². The second-order valence-electron chi connectivity index (χ2n) is 6.78. The molecule has 1 saturated carbocycles. The number of carbonyl (C=O) groups excluding carboxylic acids is 1. The number of hydrogen-bond acceptors (Lipinski definition) is 5. The zero-order valence-corrected chi connectivity index (χ0v) is 15.0. The summed E-state index contributed by atoms with van der Waals surface area (Å²) < 4.78 is 0. The van der Waals surface area contributed by atoms with Crippen LogP contribution in [0.4, 0.5) is 9.93 Å². The molecular formula is C18H23N5OS. The van der Waals surface area contributed by atoms with Gasteiger partial charge in [0.25, 0.3) is 0 Å². The predicted octanol–water partition coefficient (Wildman–Crippen LogP) is 3.33. The van der Waals surface area contributed by atoms with E-state index in [-0.39, 0.29) is 6.03 Å². The molecule has 7 heteroatoms. The molecule has 0 radical (unpaired) electrons. The number of hydrogen-bond donors (Lipinski definition) is 2. The third-order valence-electron chi connectivity index (χ3n) is 4.74. The smallest absolute Gasteiger partial charge is 0.321 e. The lowest BCUT2D eigenvalue weighted by Gasteiger charge is -2.17. The van der Waals surface area contributed by atoms with Crippen LogP contribution in [0, 0.1) is 0 Å². The Morgan fingerprint density at radius 2 is 1.92 bits per heavy atom. The maximum atomic E-state index is 12.1. The van der Waals surface area contributed by atoms with Crippen molar-refractivity contribution >= 4 is 22.5 Å². The number of rotatable bonds is 6. The van der Waals surface area contributed by atoms with Gasteiger partial charge in [0, 0.05) is 19.0 Å². The van der Waals surface area contributed by atoms with Gasteiger partial charge in [-0.2, -0.15) is 0 Å². The summed E-state index contributed by atoms with van der Waals surface area (Å²) in [4.78, 5) is 14.6. The summed E-state index contributed by atoms with van der Waals surface area (Å²) in [6, 6.07) is 8.10. The van der Waals surface area contributed by atoms with Crippen molar-refractivity contribution < 1.29 is 4.79 Å². The van der Waals surface area contributed by atoms with Crippen molar-refractivity contribution in [3.8, 4) is 0 Å². The summed E-state index contributed by atoms with van der Waals surface area (Å²) in [5.74, 6) is 0.563. The predicted molar refractivity (Wildman–Crippen MR) is 98.7 cm³/mol. The van der Waals surface area contributed by atoms with Crippen LogP contribution in [0.5, 0.6) is 0 Å². The van der Waals surface area contributed by atoms with Crippen molar-refractivity contribution in [2.75, 3.05) is 18.4 Å². The molecule has 6 nitrogen and oxygen atoms in total. The number of urea groups is 1. The first kappa shape index (κ1) is 16.5. The molecule has 2 aliphatic rings. The lowest BCUT2D eigenvalue weighted by Crippen LogP contribution is -2.29. The standard InChI is InChI=1S/C18H23N5OS/c24-17(20-18-22-21-16(25-18)13-7-8-13)19-11-14-5-1-2-6-15(14)12-23-9-3-4-10-23/h1-2,5-6,13H,3-4,7-12H2,(H2,19,20,22,24). The minimum Gasteiger partial charge on any atom is -0.334 e. The van der Waals surface area contributed by atoms with E-state index < -0.39 is 0 Å². The Bertz CT molecular complexity index is 737. The first-order valence-electron chi connectivity index (χ1n) is 8.95. The first-order valence-corrected chi connectivity index (χ1v) is 9.77. The summed E-state index contributed by atoms with van der Waals surface area (Å²) in [5, 5.41) is 15.5. The first-order chi connectivity index (χ1) is 12.3. The second kappa shape index (κ2) is 7.49. The molecule has 2 aromatic rings. The molecule has 0 bridgehead atoms. The van der Waals surface area contributed by atoms with Gasteiger partial charge in [-0.05, 0) is 49.9 Å². The summed E-state index contributed by atoms with van der Waals surface area (Å²) in [6.07, 6.45) is 4.95. The molecule has 2 fully saturated rings. The molecule has 1 aromatic carbocycles. The summed E-state index contributed by atoms with van der Waals surface area (Å²) in [7, 11) is 0. The summed E-state index contributed by atoms with van der Waals surface area (Å²) >= 11 is 1.48. The number of amides is 2. The maximum absolute atomic E-state index is 12.1. The van der Waals surface area contributed by atoms with E-state index in [0.29, 0.717) is 17.6 Å². The van der Waals surface area contributed by atoms with Crippen molar-refractivity contribution in [3.63, 3.8) is 0 Å². The molecule has 0 atom stereocenters. The van der Waals surface area contributed by atoms with Crippen molar-refractivity contribution in [2.24, 2.45) is 0 Å². The molecule has 1 aliphatic heterocycles. The number of nitrogens with zero attached hydrogens (tertiary/aromatic N) is 3. The fraction of sp³-hybridized carbons (Fsp3) is 0.500. The molecular weight excluding hydrogens is 334 g/mol. The van der Waals surface area contributed by atoms with Crippen LogP contribution in [0.3, 0.4) is 0 Å². The molecule has 132 valence electrons. The Morgan fingerprint density at radius 1 is 1.16 bits per heavy atom. The van der Waals surface area contributed by atoms with E-state index in [2.05, 4.69) is 43.9 Å². The zero-order chi connectivity index (χ0) is 17.1. The number of nitrogens with one attached hydrogen (secondary N) is 2. The van der Waals surface area contributed by atoms with Crippen molar-refractivity contribution in [3.05, 3.63) is 40.4 Å². The lowest BCUT2D eigenvalue weighted by atomic mass is 10.1. The van der Waals surface area contributed by atoms with Crippen molar-refractivity contribution in [1.82, 2.24) is 20.4 Å². The van der Waals surface area contributed by atoms with E-state index >= 15 is 0 Å². The summed E-state index contributed by atoms with van der Waals surface area (Å²) in [5.41, 5.74) is 2.46. The van der Waals surface area contributed by atoms with Gasteiger partial charge in [-0.25, -0.2) is 4.79 Å². The van der Waals surface area contributed by atoms with Gasteiger partial charge in [0.15, 0.2) is 0 Å². The van der Waals surface area contributed by atoms with E-state index in [0.717, 1.165) is 11.6 Å². The highest BCUT2D eigenvalue weighted by atomic mass is 32.1. The fourth-order valence-electron chi connectivity index (χ4n) is 3.16. The lowest BCUT2D eigenvalue weighted by molar-refractivity contribution is 0.251. The minimum absolute atomic E-state index is 0.227. The third kappa shape index (κ3) is 4.35. The molecule has 1 aliphatic carbocycles. The monoisotopic (exact) mass is 357 g/mol. The van der Waals surface area contributed by atoms with Gasteiger partial charge in [0.1, 0.15) is 5.01 Å². The number of anilines is 1. The van der Waals surface area contributed by atoms with Crippen LogP contribution in [0.25, 0.3) is 0 Å².